The van der Waals surface area contributed by atoms with Crippen molar-refractivity contribution < 1.29 is 18.0 Å². The van der Waals surface area contributed by atoms with E-state index in [1.165, 1.54) is 12.1 Å². The SMILES string of the molecule is CC(C)C(N)CNC(=O)Nc1ccc(C(F)(F)F)cc1. The summed E-state index contributed by atoms with van der Waals surface area (Å²) in [5.74, 6) is 0.223. The molecule has 7 heteroatoms. The summed E-state index contributed by atoms with van der Waals surface area (Å²) in [6.07, 6.45) is -4.38. The number of hydrogen-bond donors (Lipinski definition) is 3. The minimum Gasteiger partial charge on any atom is -0.336 e. The van der Waals surface area contributed by atoms with Crippen LogP contribution in [0.1, 0.15) is 19.4 Å². The van der Waals surface area contributed by atoms with E-state index < -0.39 is 17.8 Å². The van der Waals surface area contributed by atoms with Crippen molar-refractivity contribution in [3.05, 3.63) is 29.8 Å². The van der Waals surface area contributed by atoms with E-state index in [0.717, 1.165) is 12.1 Å². The van der Waals surface area contributed by atoms with Gasteiger partial charge in [-0.15, -0.1) is 0 Å². The fraction of sp³-hybridized carbons (Fsp3) is 0.462. The largest absolute Gasteiger partial charge is 0.416 e. The van der Waals surface area contributed by atoms with Gasteiger partial charge in [0.15, 0.2) is 0 Å². The predicted molar refractivity (Wildman–Crippen MR) is 71.3 cm³/mol. The molecule has 0 saturated heterocycles. The van der Waals surface area contributed by atoms with Crippen molar-refractivity contribution in [1.29, 1.82) is 0 Å². The van der Waals surface area contributed by atoms with Crippen LogP contribution in [0.4, 0.5) is 23.7 Å². The van der Waals surface area contributed by atoms with Gasteiger partial charge in [0.2, 0.25) is 0 Å². The molecule has 0 spiro atoms. The molecule has 0 aromatic heterocycles. The van der Waals surface area contributed by atoms with Crippen LogP contribution in [-0.2, 0) is 6.18 Å². The molecular formula is C13H18F3N3O. The van der Waals surface area contributed by atoms with Gasteiger partial charge >= 0.3 is 12.2 Å². The second kappa shape index (κ2) is 6.60. The lowest BCUT2D eigenvalue weighted by Gasteiger charge is -2.16. The second-order valence-corrected chi connectivity index (χ2v) is 4.82. The van der Waals surface area contributed by atoms with E-state index in [2.05, 4.69) is 10.6 Å². The number of urea groups is 1. The maximum Gasteiger partial charge on any atom is 0.416 e. The van der Waals surface area contributed by atoms with Crippen LogP contribution in [0.15, 0.2) is 24.3 Å². The summed E-state index contributed by atoms with van der Waals surface area (Å²) in [5, 5.41) is 5.00. The third-order valence-electron chi connectivity index (χ3n) is 2.82. The normalized spacial score (nSPS) is 13.2. The highest BCUT2D eigenvalue weighted by Gasteiger charge is 2.29. The Morgan fingerprint density at radius 2 is 1.80 bits per heavy atom. The summed E-state index contributed by atoms with van der Waals surface area (Å²) < 4.78 is 37.1. The highest BCUT2D eigenvalue weighted by molar-refractivity contribution is 5.89. The summed E-state index contributed by atoms with van der Waals surface area (Å²) in [7, 11) is 0. The third-order valence-corrected chi connectivity index (χ3v) is 2.82. The molecule has 0 radical (unpaired) electrons. The zero-order chi connectivity index (χ0) is 15.3. The fourth-order valence-corrected chi connectivity index (χ4v) is 1.36. The van der Waals surface area contributed by atoms with E-state index in [1.54, 1.807) is 0 Å². The molecule has 0 bridgehead atoms. The lowest BCUT2D eigenvalue weighted by Crippen LogP contribution is -2.42. The average Bonchev–Trinajstić information content (AvgIpc) is 2.35. The molecule has 112 valence electrons. The first-order chi connectivity index (χ1) is 9.20. The standard InChI is InChI=1S/C13H18F3N3O/c1-8(2)11(17)7-18-12(20)19-10-5-3-9(4-6-10)13(14,15)16/h3-6,8,11H,7,17H2,1-2H3,(H2,18,19,20). The van der Waals surface area contributed by atoms with Crippen LogP contribution in [0.5, 0.6) is 0 Å². The molecule has 4 nitrogen and oxygen atoms in total. The van der Waals surface area contributed by atoms with Gasteiger partial charge in [-0.3, -0.25) is 0 Å². The van der Waals surface area contributed by atoms with Crippen LogP contribution < -0.4 is 16.4 Å². The zero-order valence-electron chi connectivity index (χ0n) is 11.3. The summed E-state index contributed by atoms with van der Waals surface area (Å²) in [6.45, 7) is 4.16. The average molecular weight is 289 g/mol. The monoisotopic (exact) mass is 289 g/mol. The smallest absolute Gasteiger partial charge is 0.336 e. The highest BCUT2D eigenvalue weighted by Crippen LogP contribution is 2.29. The van der Waals surface area contributed by atoms with Gasteiger partial charge in [0, 0.05) is 18.3 Å². The number of alkyl halides is 3. The van der Waals surface area contributed by atoms with E-state index in [4.69, 9.17) is 5.73 Å². The lowest BCUT2D eigenvalue weighted by atomic mass is 10.1. The van der Waals surface area contributed by atoms with Crippen LogP contribution in [-0.4, -0.2) is 18.6 Å². The molecule has 1 atom stereocenters. The Hall–Kier alpha value is -1.76. The van der Waals surface area contributed by atoms with Gasteiger partial charge in [0.05, 0.1) is 5.56 Å². The minimum atomic E-state index is -4.38. The Kier molecular flexibility index (Phi) is 5.38. The maximum absolute atomic E-state index is 12.4. The van der Waals surface area contributed by atoms with Gasteiger partial charge in [-0.25, -0.2) is 4.79 Å². The lowest BCUT2D eigenvalue weighted by molar-refractivity contribution is -0.137. The fourth-order valence-electron chi connectivity index (χ4n) is 1.36. The van der Waals surface area contributed by atoms with Gasteiger partial charge in [-0.1, -0.05) is 13.8 Å². The Balaban J connectivity index is 2.51. The first kappa shape index (κ1) is 16.3. The Bertz CT molecular complexity index is 443. The van der Waals surface area contributed by atoms with Crippen molar-refractivity contribution in [1.82, 2.24) is 5.32 Å². The predicted octanol–water partition coefficient (Wildman–Crippen LogP) is 2.81. The van der Waals surface area contributed by atoms with Crippen molar-refractivity contribution in [2.24, 2.45) is 11.7 Å². The van der Waals surface area contributed by atoms with Gasteiger partial charge in [-0.2, -0.15) is 13.2 Å². The number of carbonyl (C=O) groups is 1. The summed E-state index contributed by atoms with van der Waals surface area (Å²) in [4.78, 5) is 11.5. The molecule has 4 N–H and O–H groups in total. The van der Waals surface area contributed by atoms with E-state index in [9.17, 15) is 18.0 Å². The van der Waals surface area contributed by atoms with Crippen LogP contribution in [0.25, 0.3) is 0 Å². The molecule has 20 heavy (non-hydrogen) atoms. The topological polar surface area (TPSA) is 67.1 Å². The van der Waals surface area contributed by atoms with Crippen molar-refractivity contribution in [2.75, 3.05) is 11.9 Å². The van der Waals surface area contributed by atoms with E-state index in [0.29, 0.717) is 6.54 Å². The molecule has 0 aliphatic carbocycles. The Morgan fingerprint density at radius 1 is 1.25 bits per heavy atom. The van der Waals surface area contributed by atoms with E-state index >= 15 is 0 Å². The number of anilines is 1. The molecule has 2 amide bonds. The van der Waals surface area contributed by atoms with Crippen molar-refractivity contribution in [2.45, 2.75) is 26.1 Å². The molecule has 0 fully saturated rings. The van der Waals surface area contributed by atoms with Crippen molar-refractivity contribution in [3.63, 3.8) is 0 Å². The van der Waals surface area contributed by atoms with Gasteiger partial charge in [0.25, 0.3) is 0 Å². The summed E-state index contributed by atoms with van der Waals surface area (Å²) in [5.41, 5.74) is 5.29. The maximum atomic E-state index is 12.4. The second-order valence-electron chi connectivity index (χ2n) is 4.82. The van der Waals surface area contributed by atoms with Crippen LogP contribution in [0.3, 0.4) is 0 Å². The number of rotatable bonds is 4. The van der Waals surface area contributed by atoms with Crippen molar-refractivity contribution in [3.8, 4) is 0 Å². The van der Waals surface area contributed by atoms with Crippen molar-refractivity contribution >= 4 is 11.7 Å². The zero-order valence-corrected chi connectivity index (χ0v) is 11.3. The highest BCUT2D eigenvalue weighted by atomic mass is 19.4. The minimum absolute atomic E-state index is 0.173. The molecule has 1 aromatic carbocycles. The number of nitrogens with one attached hydrogen (secondary N) is 2. The number of halogens is 3. The van der Waals surface area contributed by atoms with E-state index in [-0.39, 0.29) is 17.6 Å². The quantitative estimate of drug-likeness (QED) is 0.798. The van der Waals surface area contributed by atoms with Gasteiger partial charge < -0.3 is 16.4 Å². The van der Waals surface area contributed by atoms with Crippen LogP contribution >= 0.6 is 0 Å². The molecule has 1 unspecified atom stereocenters. The number of nitrogens with two attached hydrogens (primary N) is 1. The number of benzene rings is 1. The van der Waals surface area contributed by atoms with E-state index in [1.807, 2.05) is 13.8 Å². The number of carbonyl (C=O) groups excluding carboxylic acids is 1. The van der Waals surface area contributed by atoms with Gasteiger partial charge in [0.1, 0.15) is 0 Å². The molecule has 1 rings (SSSR count). The first-order valence-corrected chi connectivity index (χ1v) is 6.18. The Labute approximate surface area is 115 Å². The molecule has 1 aromatic rings. The molecule has 0 aliphatic rings. The van der Waals surface area contributed by atoms with Crippen LogP contribution in [0, 0.1) is 5.92 Å². The number of amides is 2. The summed E-state index contributed by atoms with van der Waals surface area (Å²) in [6, 6.07) is 3.55. The van der Waals surface area contributed by atoms with Crippen LogP contribution in [0.2, 0.25) is 0 Å². The number of hydrogen-bond acceptors (Lipinski definition) is 2. The first-order valence-electron chi connectivity index (χ1n) is 6.18. The molecule has 0 aliphatic heterocycles. The molecule has 0 saturated carbocycles. The Morgan fingerprint density at radius 3 is 2.25 bits per heavy atom. The summed E-state index contributed by atoms with van der Waals surface area (Å²) >= 11 is 0. The third kappa shape index (κ3) is 5.08. The van der Waals surface area contributed by atoms with Gasteiger partial charge in [-0.05, 0) is 30.2 Å². The molecule has 0 heterocycles. The molecular weight excluding hydrogens is 271 g/mol.